The molecule has 5 rings (SSSR count). The summed E-state index contributed by atoms with van der Waals surface area (Å²) in [6.07, 6.45) is 1.51. The predicted molar refractivity (Wildman–Crippen MR) is 126 cm³/mol. The summed E-state index contributed by atoms with van der Waals surface area (Å²) in [5.74, 6) is 0.390. The Morgan fingerprint density at radius 1 is 1.00 bits per heavy atom. The van der Waals surface area contributed by atoms with Gasteiger partial charge in [-0.15, -0.1) is 0 Å². The smallest absolute Gasteiger partial charge is 0.295 e. The molecule has 3 aromatic rings. The Kier molecular flexibility index (Phi) is 6.40. The molecule has 2 saturated heterocycles. The molecule has 3 unspecified atom stereocenters. The number of likely N-dealkylation sites (tertiary alicyclic amines) is 2. The fourth-order valence-electron chi connectivity index (χ4n) is 5.12. The minimum absolute atomic E-state index is 0.000320. The Balaban J connectivity index is 1.37. The molecule has 0 aliphatic carbocycles. The summed E-state index contributed by atoms with van der Waals surface area (Å²) in [6.45, 7) is 2.20. The Bertz CT molecular complexity index is 1130. The summed E-state index contributed by atoms with van der Waals surface area (Å²) in [5.41, 5.74) is 2.38. The lowest BCUT2D eigenvalue weighted by atomic mass is 9.96. The van der Waals surface area contributed by atoms with E-state index in [0.717, 1.165) is 12.0 Å². The highest BCUT2D eigenvalue weighted by Gasteiger charge is 2.44. The third kappa shape index (κ3) is 4.46. The lowest BCUT2D eigenvalue weighted by molar-refractivity contribution is -0.134. The first-order valence-corrected chi connectivity index (χ1v) is 11.8. The van der Waals surface area contributed by atoms with Crippen molar-refractivity contribution in [2.24, 2.45) is 0 Å². The van der Waals surface area contributed by atoms with Crippen molar-refractivity contribution >= 4 is 11.8 Å². The maximum atomic E-state index is 13.7. The predicted octanol–water partition coefficient (Wildman–Crippen LogP) is 2.80. The van der Waals surface area contributed by atoms with Crippen LogP contribution in [0.1, 0.15) is 52.3 Å². The highest BCUT2D eigenvalue weighted by molar-refractivity contribution is 5.95. The minimum atomic E-state index is -0.543. The summed E-state index contributed by atoms with van der Waals surface area (Å²) >= 11 is 0. The zero-order valence-corrected chi connectivity index (χ0v) is 19.3. The van der Waals surface area contributed by atoms with Crippen LogP contribution in [0.2, 0.25) is 0 Å². The van der Waals surface area contributed by atoms with Crippen LogP contribution in [0.4, 0.5) is 0 Å². The van der Waals surface area contributed by atoms with E-state index in [1.807, 2.05) is 41.3 Å². The van der Waals surface area contributed by atoms with Crippen molar-refractivity contribution < 1.29 is 14.1 Å². The standard InChI is InChI=1S/C26H29N5O3/c1-27-15-23-28-24(29-34-23)26(33)31-17-21(19-10-6-3-7-11-19)14-22(31)25(32)30-13-12-20(16-30)18-8-4-2-5-9-18/h2-11,20-22,27H,12-17H2,1H3. The second-order valence-electron chi connectivity index (χ2n) is 9.04. The van der Waals surface area contributed by atoms with Gasteiger partial charge in [0.25, 0.3) is 11.7 Å². The van der Waals surface area contributed by atoms with Crippen LogP contribution in [-0.2, 0) is 11.3 Å². The Morgan fingerprint density at radius 3 is 2.35 bits per heavy atom. The zero-order valence-electron chi connectivity index (χ0n) is 19.3. The largest absolute Gasteiger partial charge is 0.340 e. The molecular weight excluding hydrogens is 430 g/mol. The molecule has 0 radical (unpaired) electrons. The molecule has 8 nitrogen and oxygen atoms in total. The molecule has 0 saturated carbocycles. The topological polar surface area (TPSA) is 91.6 Å². The van der Waals surface area contributed by atoms with E-state index in [4.69, 9.17) is 4.52 Å². The van der Waals surface area contributed by atoms with E-state index in [2.05, 4.69) is 39.7 Å². The Labute approximate surface area is 198 Å². The van der Waals surface area contributed by atoms with Gasteiger partial charge in [-0.1, -0.05) is 65.8 Å². The molecule has 8 heteroatoms. The summed E-state index contributed by atoms with van der Waals surface area (Å²) in [5, 5.41) is 6.81. The number of rotatable bonds is 6. The van der Waals surface area contributed by atoms with Gasteiger partial charge in [-0.25, -0.2) is 0 Å². The van der Waals surface area contributed by atoms with Gasteiger partial charge in [0.2, 0.25) is 11.8 Å². The highest BCUT2D eigenvalue weighted by atomic mass is 16.5. The van der Waals surface area contributed by atoms with Crippen LogP contribution in [0, 0.1) is 0 Å². The maximum absolute atomic E-state index is 13.7. The average Bonchev–Trinajstić information content (AvgIpc) is 3.64. The summed E-state index contributed by atoms with van der Waals surface area (Å²) in [4.78, 5) is 34.9. The zero-order chi connectivity index (χ0) is 23.5. The van der Waals surface area contributed by atoms with Crippen LogP contribution < -0.4 is 5.32 Å². The second-order valence-corrected chi connectivity index (χ2v) is 9.04. The first-order chi connectivity index (χ1) is 16.6. The van der Waals surface area contributed by atoms with Gasteiger partial charge in [-0.2, -0.15) is 4.98 Å². The van der Waals surface area contributed by atoms with Gasteiger partial charge < -0.3 is 19.6 Å². The van der Waals surface area contributed by atoms with E-state index in [0.29, 0.717) is 44.4 Å². The molecule has 1 aromatic heterocycles. The van der Waals surface area contributed by atoms with Crippen molar-refractivity contribution in [3.05, 3.63) is 83.5 Å². The molecule has 34 heavy (non-hydrogen) atoms. The molecule has 2 aliphatic rings. The highest BCUT2D eigenvalue weighted by Crippen LogP contribution is 2.35. The van der Waals surface area contributed by atoms with Crippen LogP contribution in [0.15, 0.2) is 65.2 Å². The minimum Gasteiger partial charge on any atom is -0.340 e. The maximum Gasteiger partial charge on any atom is 0.295 e. The quantitative estimate of drug-likeness (QED) is 0.610. The van der Waals surface area contributed by atoms with Crippen LogP contribution in [0.5, 0.6) is 0 Å². The molecule has 176 valence electrons. The number of amides is 2. The molecule has 2 aliphatic heterocycles. The van der Waals surface area contributed by atoms with Crippen molar-refractivity contribution in [2.75, 3.05) is 26.7 Å². The lowest BCUT2D eigenvalue weighted by Crippen LogP contribution is -2.47. The summed E-state index contributed by atoms with van der Waals surface area (Å²) in [6, 6.07) is 19.8. The van der Waals surface area contributed by atoms with Gasteiger partial charge in [0.1, 0.15) is 6.04 Å². The number of benzene rings is 2. The number of carbonyl (C=O) groups is 2. The van der Waals surface area contributed by atoms with E-state index in [1.165, 1.54) is 5.56 Å². The Morgan fingerprint density at radius 2 is 1.68 bits per heavy atom. The molecule has 3 atom stereocenters. The molecule has 2 aromatic carbocycles. The van der Waals surface area contributed by atoms with Gasteiger partial charge in [0.15, 0.2) is 0 Å². The van der Waals surface area contributed by atoms with Gasteiger partial charge in [0.05, 0.1) is 6.54 Å². The molecule has 0 bridgehead atoms. The number of hydrogen-bond acceptors (Lipinski definition) is 6. The van der Waals surface area contributed by atoms with Crippen molar-refractivity contribution in [1.82, 2.24) is 25.3 Å². The van der Waals surface area contributed by atoms with Crippen molar-refractivity contribution in [1.29, 1.82) is 0 Å². The fraction of sp³-hybridized carbons (Fsp3) is 0.385. The summed E-state index contributed by atoms with van der Waals surface area (Å²) in [7, 11) is 1.77. The number of aromatic nitrogens is 2. The Hall–Kier alpha value is -3.52. The number of nitrogens with zero attached hydrogens (tertiary/aromatic N) is 4. The second kappa shape index (κ2) is 9.77. The van der Waals surface area contributed by atoms with Crippen molar-refractivity contribution in [2.45, 2.75) is 37.3 Å². The third-order valence-corrected chi connectivity index (χ3v) is 6.88. The van der Waals surface area contributed by atoms with E-state index in [9.17, 15) is 9.59 Å². The molecule has 1 N–H and O–H groups in total. The third-order valence-electron chi connectivity index (χ3n) is 6.88. The first-order valence-electron chi connectivity index (χ1n) is 11.8. The van der Waals surface area contributed by atoms with Gasteiger partial charge in [0, 0.05) is 31.5 Å². The molecule has 2 amide bonds. The summed E-state index contributed by atoms with van der Waals surface area (Å²) < 4.78 is 5.19. The van der Waals surface area contributed by atoms with Crippen LogP contribution >= 0.6 is 0 Å². The van der Waals surface area contributed by atoms with Gasteiger partial charge in [-0.05, 0) is 31.0 Å². The fourth-order valence-corrected chi connectivity index (χ4v) is 5.12. The molecule has 3 heterocycles. The molecular formula is C26H29N5O3. The van der Waals surface area contributed by atoms with Gasteiger partial charge >= 0.3 is 0 Å². The normalized spacial score (nSPS) is 22.3. The molecule has 2 fully saturated rings. The van der Waals surface area contributed by atoms with E-state index in [1.54, 1.807) is 11.9 Å². The lowest BCUT2D eigenvalue weighted by Gasteiger charge is -2.27. The van der Waals surface area contributed by atoms with E-state index >= 15 is 0 Å². The SMILES string of the molecule is CNCc1nc(C(=O)N2CC(c3ccccc3)CC2C(=O)N2CCC(c3ccccc3)C2)no1. The number of hydrogen-bond donors (Lipinski definition) is 1. The monoisotopic (exact) mass is 459 g/mol. The van der Waals surface area contributed by atoms with Crippen LogP contribution in [-0.4, -0.2) is 64.5 Å². The van der Waals surface area contributed by atoms with Crippen LogP contribution in [0.25, 0.3) is 0 Å². The van der Waals surface area contributed by atoms with E-state index in [-0.39, 0.29) is 23.6 Å². The first kappa shape index (κ1) is 22.3. The number of nitrogens with one attached hydrogen (secondary N) is 1. The molecule has 0 spiro atoms. The van der Waals surface area contributed by atoms with Gasteiger partial charge in [-0.3, -0.25) is 9.59 Å². The average molecular weight is 460 g/mol. The van der Waals surface area contributed by atoms with Crippen molar-refractivity contribution in [3.8, 4) is 0 Å². The van der Waals surface area contributed by atoms with E-state index < -0.39 is 6.04 Å². The number of carbonyl (C=O) groups excluding carboxylic acids is 2. The van der Waals surface area contributed by atoms with Crippen LogP contribution in [0.3, 0.4) is 0 Å². The van der Waals surface area contributed by atoms with Crippen molar-refractivity contribution in [3.63, 3.8) is 0 Å².